The van der Waals surface area contributed by atoms with Crippen LogP contribution in [0, 0.1) is 5.82 Å². The van der Waals surface area contributed by atoms with E-state index in [4.69, 9.17) is 16.7 Å². The predicted octanol–water partition coefficient (Wildman–Crippen LogP) is 3.23. The molecule has 1 N–H and O–H groups in total. The van der Waals surface area contributed by atoms with Crippen molar-refractivity contribution in [2.24, 2.45) is 0 Å². The van der Waals surface area contributed by atoms with Crippen molar-refractivity contribution in [1.82, 2.24) is 4.98 Å². The molecule has 1 aromatic heterocycles. The van der Waals surface area contributed by atoms with Gasteiger partial charge in [0, 0.05) is 17.0 Å². The monoisotopic (exact) mass is 243 g/mol. The maximum atomic E-state index is 13.4. The molecule has 1 heterocycles. The van der Waals surface area contributed by atoms with Gasteiger partial charge in [-0.15, -0.1) is 11.3 Å². The van der Waals surface area contributed by atoms with Gasteiger partial charge in [-0.05, 0) is 12.1 Å². The second-order valence-corrected chi connectivity index (χ2v) is 4.33. The lowest BCUT2D eigenvalue weighted by atomic mass is 10.1. The van der Waals surface area contributed by atoms with Gasteiger partial charge in [0.2, 0.25) is 5.88 Å². The summed E-state index contributed by atoms with van der Waals surface area (Å²) < 4.78 is 13.4. The molecule has 2 aromatic rings. The third kappa shape index (κ3) is 2.27. The van der Waals surface area contributed by atoms with Crippen molar-refractivity contribution in [1.29, 1.82) is 0 Å². The molecule has 2 nitrogen and oxygen atoms in total. The SMILES string of the molecule is Oc1csc(Cc2c(F)cccc2Cl)n1. The fourth-order valence-electron chi connectivity index (χ4n) is 1.23. The molecule has 0 aliphatic heterocycles. The van der Waals surface area contributed by atoms with E-state index in [1.54, 1.807) is 12.1 Å². The quantitative estimate of drug-likeness (QED) is 0.879. The van der Waals surface area contributed by atoms with Crippen LogP contribution in [0.1, 0.15) is 10.6 Å². The Morgan fingerprint density at radius 3 is 2.87 bits per heavy atom. The lowest BCUT2D eigenvalue weighted by Gasteiger charge is -2.02. The molecule has 0 amide bonds. The summed E-state index contributed by atoms with van der Waals surface area (Å²) in [5.41, 5.74) is 0.411. The maximum Gasteiger partial charge on any atom is 0.222 e. The molecule has 0 atom stereocenters. The highest BCUT2D eigenvalue weighted by Crippen LogP contribution is 2.24. The van der Waals surface area contributed by atoms with Gasteiger partial charge in [-0.25, -0.2) is 9.37 Å². The third-order valence-electron chi connectivity index (χ3n) is 1.93. The zero-order chi connectivity index (χ0) is 10.8. The smallest absolute Gasteiger partial charge is 0.222 e. The van der Waals surface area contributed by atoms with Crippen molar-refractivity contribution >= 4 is 22.9 Å². The number of rotatable bonds is 2. The average Bonchev–Trinajstić information content (AvgIpc) is 2.58. The Hall–Kier alpha value is -1.13. The van der Waals surface area contributed by atoms with Crippen LogP contribution in [0.3, 0.4) is 0 Å². The number of nitrogens with zero attached hydrogens (tertiary/aromatic N) is 1. The molecule has 0 saturated carbocycles. The van der Waals surface area contributed by atoms with Gasteiger partial charge in [-0.3, -0.25) is 0 Å². The first-order chi connectivity index (χ1) is 7.16. The summed E-state index contributed by atoms with van der Waals surface area (Å²) in [6.45, 7) is 0. The minimum atomic E-state index is -0.350. The molecule has 0 fully saturated rings. The van der Waals surface area contributed by atoms with Gasteiger partial charge in [0.05, 0.1) is 5.38 Å². The third-order valence-corrected chi connectivity index (χ3v) is 3.12. The summed E-state index contributed by atoms with van der Waals surface area (Å²) >= 11 is 7.14. The molecule has 5 heteroatoms. The molecule has 0 aliphatic carbocycles. The Bertz CT molecular complexity index is 466. The van der Waals surface area contributed by atoms with E-state index in [1.807, 2.05) is 0 Å². The molecule has 0 spiro atoms. The lowest BCUT2D eigenvalue weighted by Crippen LogP contribution is -1.93. The van der Waals surface area contributed by atoms with Crippen LogP contribution in [0.5, 0.6) is 5.88 Å². The van der Waals surface area contributed by atoms with E-state index >= 15 is 0 Å². The number of benzene rings is 1. The van der Waals surface area contributed by atoms with Gasteiger partial charge < -0.3 is 5.11 Å². The number of aromatic hydroxyl groups is 1. The molecular weight excluding hydrogens is 237 g/mol. The van der Waals surface area contributed by atoms with Crippen LogP contribution in [0.2, 0.25) is 5.02 Å². The van der Waals surface area contributed by atoms with Crippen LogP contribution >= 0.6 is 22.9 Å². The van der Waals surface area contributed by atoms with Crippen molar-refractivity contribution in [2.45, 2.75) is 6.42 Å². The Kier molecular flexibility index (Phi) is 2.88. The maximum absolute atomic E-state index is 13.4. The van der Waals surface area contributed by atoms with E-state index in [-0.39, 0.29) is 11.7 Å². The Morgan fingerprint density at radius 1 is 1.47 bits per heavy atom. The summed E-state index contributed by atoms with van der Waals surface area (Å²) in [5.74, 6) is -0.389. The van der Waals surface area contributed by atoms with E-state index in [0.29, 0.717) is 22.0 Å². The Labute approximate surface area is 95.0 Å². The van der Waals surface area contributed by atoms with Crippen molar-refractivity contribution in [3.8, 4) is 5.88 Å². The number of hydrogen-bond donors (Lipinski definition) is 1. The summed E-state index contributed by atoms with van der Waals surface area (Å²) in [5, 5.41) is 11.6. The minimum Gasteiger partial charge on any atom is -0.493 e. The number of halogens is 2. The molecule has 0 bridgehead atoms. The number of thiazole rings is 1. The van der Waals surface area contributed by atoms with E-state index in [0.717, 1.165) is 0 Å². The second-order valence-electron chi connectivity index (χ2n) is 2.98. The topological polar surface area (TPSA) is 33.1 Å². The Morgan fingerprint density at radius 2 is 2.27 bits per heavy atom. The van der Waals surface area contributed by atoms with Crippen molar-refractivity contribution in [3.63, 3.8) is 0 Å². The van der Waals surface area contributed by atoms with E-state index in [2.05, 4.69) is 4.98 Å². The highest BCUT2D eigenvalue weighted by atomic mass is 35.5. The van der Waals surface area contributed by atoms with Crippen LogP contribution in [0.15, 0.2) is 23.6 Å². The van der Waals surface area contributed by atoms with Gasteiger partial charge in [-0.1, -0.05) is 17.7 Å². The first kappa shape index (κ1) is 10.4. The molecule has 0 saturated heterocycles. The van der Waals surface area contributed by atoms with Crippen LogP contribution in [0.25, 0.3) is 0 Å². The van der Waals surface area contributed by atoms with Crippen molar-refractivity contribution in [3.05, 3.63) is 45.0 Å². The zero-order valence-electron chi connectivity index (χ0n) is 7.58. The average molecular weight is 244 g/mol. The Balaban J connectivity index is 2.31. The van der Waals surface area contributed by atoms with Crippen LogP contribution < -0.4 is 0 Å². The molecule has 2 rings (SSSR count). The normalized spacial score (nSPS) is 10.5. The number of aromatic nitrogens is 1. The number of hydrogen-bond acceptors (Lipinski definition) is 3. The van der Waals surface area contributed by atoms with E-state index in [9.17, 15) is 4.39 Å². The lowest BCUT2D eigenvalue weighted by molar-refractivity contribution is 0.456. The van der Waals surface area contributed by atoms with Gasteiger partial charge in [0.25, 0.3) is 0 Å². The molecule has 15 heavy (non-hydrogen) atoms. The molecule has 0 radical (unpaired) electrons. The fourth-order valence-corrected chi connectivity index (χ4v) is 2.13. The highest BCUT2D eigenvalue weighted by Gasteiger charge is 2.10. The standard InChI is InChI=1S/C10H7ClFNOS/c11-7-2-1-3-8(12)6(7)4-10-13-9(14)5-15-10/h1-3,5,14H,4H2. The van der Waals surface area contributed by atoms with Crippen molar-refractivity contribution < 1.29 is 9.50 Å². The summed E-state index contributed by atoms with van der Waals surface area (Å²) in [7, 11) is 0. The van der Waals surface area contributed by atoms with Crippen molar-refractivity contribution in [2.75, 3.05) is 0 Å². The van der Waals surface area contributed by atoms with Crippen LogP contribution in [-0.2, 0) is 6.42 Å². The van der Waals surface area contributed by atoms with Gasteiger partial charge >= 0.3 is 0 Å². The highest BCUT2D eigenvalue weighted by molar-refractivity contribution is 7.09. The summed E-state index contributed by atoms with van der Waals surface area (Å²) in [6, 6.07) is 4.54. The minimum absolute atomic E-state index is 0.0394. The van der Waals surface area contributed by atoms with Gasteiger partial charge in [0.15, 0.2) is 0 Å². The first-order valence-corrected chi connectivity index (χ1v) is 5.49. The summed E-state index contributed by atoms with van der Waals surface area (Å²) in [6.07, 6.45) is 0.302. The molecule has 78 valence electrons. The van der Waals surface area contributed by atoms with E-state index < -0.39 is 0 Å². The van der Waals surface area contributed by atoms with Crippen LogP contribution in [0.4, 0.5) is 4.39 Å². The van der Waals surface area contributed by atoms with E-state index in [1.165, 1.54) is 22.8 Å². The largest absolute Gasteiger partial charge is 0.493 e. The zero-order valence-corrected chi connectivity index (χ0v) is 9.15. The molecular formula is C10H7ClFNOS. The summed E-state index contributed by atoms with van der Waals surface area (Å²) in [4.78, 5) is 3.84. The van der Waals surface area contributed by atoms with Gasteiger partial charge in [-0.2, -0.15) is 0 Å². The molecule has 0 unspecified atom stereocenters. The molecule has 1 aromatic carbocycles. The van der Waals surface area contributed by atoms with Crippen LogP contribution in [-0.4, -0.2) is 10.1 Å². The predicted molar refractivity (Wildman–Crippen MR) is 58.0 cm³/mol. The molecule has 0 aliphatic rings. The fraction of sp³-hybridized carbons (Fsp3) is 0.100. The first-order valence-electron chi connectivity index (χ1n) is 4.23. The van der Waals surface area contributed by atoms with Gasteiger partial charge in [0.1, 0.15) is 10.8 Å². The second kappa shape index (κ2) is 4.16.